The number of nitrogens with one attached hydrogen (secondary N) is 1. The fourth-order valence-corrected chi connectivity index (χ4v) is 3.78. The first-order chi connectivity index (χ1) is 13.1. The molecule has 0 spiro atoms. The lowest BCUT2D eigenvalue weighted by molar-refractivity contribution is -0.137. The van der Waals surface area contributed by atoms with Crippen molar-refractivity contribution in [1.82, 2.24) is 20.0 Å². The van der Waals surface area contributed by atoms with Crippen LogP contribution in [-0.4, -0.2) is 39.6 Å². The van der Waals surface area contributed by atoms with Gasteiger partial charge in [-0.15, -0.1) is 0 Å². The Hall–Kier alpha value is -2.83. The molecule has 142 valence electrons. The first-order valence-electron chi connectivity index (χ1n) is 9.39. The van der Waals surface area contributed by atoms with E-state index in [-0.39, 0.29) is 17.7 Å². The minimum Gasteiger partial charge on any atom is -0.493 e. The fourth-order valence-electron chi connectivity index (χ4n) is 3.78. The lowest BCUT2D eigenvalue weighted by Crippen LogP contribution is -2.42. The van der Waals surface area contributed by atoms with Crippen LogP contribution >= 0.6 is 0 Å². The summed E-state index contributed by atoms with van der Waals surface area (Å²) in [6, 6.07) is 9.94. The standard InChI is InChI=1S/C20H24N4O3/c1-14(25)21-12-17-11-18-13-23(7-8-24(18)22-17)20(26)16-6-9-27-19-5-3-2-4-15(19)10-16/h2-5,11,16H,6-10,12-13H2,1H3,(H,21,25)/t16-/m1/s1. The monoisotopic (exact) mass is 368 g/mol. The van der Waals surface area contributed by atoms with Crippen LogP contribution in [0.15, 0.2) is 30.3 Å². The van der Waals surface area contributed by atoms with Crippen LogP contribution in [-0.2, 0) is 35.6 Å². The summed E-state index contributed by atoms with van der Waals surface area (Å²) in [7, 11) is 0. The molecule has 7 nitrogen and oxygen atoms in total. The lowest BCUT2D eigenvalue weighted by atomic mass is 9.95. The van der Waals surface area contributed by atoms with E-state index < -0.39 is 0 Å². The molecule has 0 aliphatic carbocycles. The zero-order valence-electron chi connectivity index (χ0n) is 15.5. The highest BCUT2D eigenvalue weighted by Crippen LogP contribution is 2.28. The fraction of sp³-hybridized carbons (Fsp3) is 0.450. The summed E-state index contributed by atoms with van der Waals surface area (Å²) in [6.07, 6.45) is 1.45. The number of fused-ring (bicyclic) bond motifs is 2. The van der Waals surface area contributed by atoms with E-state index in [1.165, 1.54) is 6.92 Å². The predicted molar refractivity (Wildman–Crippen MR) is 98.9 cm³/mol. The maximum Gasteiger partial charge on any atom is 0.226 e. The van der Waals surface area contributed by atoms with Crippen LogP contribution in [0.3, 0.4) is 0 Å². The minimum atomic E-state index is -0.0753. The van der Waals surface area contributed by atoms with Gasteiger partial charge < -0.3 is 15.0 Å². The Morgan fingerprint density at radius 1 is 1.30 bits per heavy atom. The van der Waals surface area contributed by atoms with E-state index in [1.54, 1.807) is 0 Å². The second-order valence-electron chi connectivity index (χ2n) is 7.17. The number of nitrogens with zero attached hydrogens (tertiary/aromatic N) is 3. The second-order valence-corrected chi connectivity index (χ2v) is 7.17. The van der Waals surface area contributed by atoms with Crippen molar-refractivity contribution in [3.63, 3.8) is 0 Å². The van der Waals surface area contributed by atoms with E-state index in [2.05, 4.69) is 10.4 Å². The number of hydrogen-bond acceptors (Lipinski definition) is 4. The third-order valence-corrected chi connectivity index (χ3v) is 5.19. The van der Waals surface area contributed by atoms with Gasteiger partial charge in [-0.05, 0) is 30.5 Å². The Morgan fingerprint density at radius 3 is 3.00 bits per heavy atom. The lowest BCUT2D eigenvalue weighted by Gasteiger charge is -2.30. The van der Waals surface area contributed by atoms with Gasteiger partial charge in [0.25, 0.3) is 0 Å². The van der Waals surface area contributed by atoms with Gasteiger partial charge in [0.15, 0.2) is 0 Å². The van der Waals surface area contributed by atoms with Gasteiger partial charge in [-0.1, -0.05) is 18.2 Å². The molecule has 0 radical (unpaired) electrons. The van der Waals surface area contributed by atoms with Crippen LogP contribution in [0.5, 0.6) is 5.75 Å². The molecule has 7 heteroatoms. The molecule has 1 atom stereocenters. The highest BCUT2D eigenvalue weighted by molar-refractivity contribution is 5.79. The van der Waals surface area contributed by atoms with Crippen LogP contribution in [0.25, 0.3) is 0 Å². The Kier molecular flexibility index (Phi) is 4.83. The summed E-state index contributed by atoms with van der Waals surface area (Å²) in [5, 5.41) is 7.28. The van der Waals surface area contributed by atoms with E-state index >= 15 is 0 Å². The molecule has 27 heavy (non-hydrogen) atoms. The molecule has 3 heterocycles. The molecule has 1 N–H and O–H groups in total. The number of aromatic nitrogens is 2. The predicted octanol–water partition coefficient (Wildman–Crippen LogP) is 1.50. The molecule has 0 saturated heterocycles. The van der Waals surface area contributed by atoms with Crippen LogP contribution in [0.4, 0.5) is 0 Å². The molecule has 0 unspecified atom stereocenters. The maximum atomic E-state index is 13.1. The third kappa shape index (κ3) is 3.82. The molecule has 0 bridgehead atoms. The smallest absolute Gasteiger partial charge is 0.226 e. The van der Waals surface area contributed by atoms with E-state index in [9.17, 15) is 9.59 Å². The van der Waals surface area contributed by atoms with Crippen molar-refractivity contribution in [3.05, 3.63) is 47.3 Å². The van der Waals surface area contributed by atoms with Crippen molar-refractivity contribution < 1.29 is 14.3 Å². The normalized spacial score (nSPS) is 18.7. The number of benzene rings is 1. The van der Waals surface area contributed by atoms with E-state index in [1.807, 2.05) is 39.9 Å². The highest BCUT2D eigenvalue weighted by atomic mass is 16.5. The molecule has 0 fully saturated rings. The summed E-state index contributed by atoms with van der Waals surface area (Å²) in [5.74, 6) is 0.953. The topological polar surface area (TPSA) is 76.5 Å². The summed E-state index contributed by atoms with van der Waals surface area (Å²) in [4.78, 5) is 26.1. The van der Waals surface area contributed by atoms with Crippen LogP contribution in [0.2, 0.25) is 0 Å². The Balaban J connectivity index is 1.44. The third-order valence-electron chi connectivity index (χ3n) is 5.19. The van der Waals surface area contributed by atoms with E-state index in [0.29, 0.717) is 32.8 Å². The van der Waals surface area contributed by atoms with Gasteiger partial charge in [-0.3, -0.25) is 14.3 Å². The summed E-state index contributed by atoms with van der Waals surface area (Å²) in [6.45, 7) is 4.38. The quantitative estimate of drug-likeness (QED) is 0.891. The summed E-state index contributed by atoms with van der Waals surface area (Å²) in [5.41, 5.74) is 2.94. The van der Waals surface area contributed by atoms with Crippen molar-refractivity contribution in [2.45, 2.75) is 39.4 Å². The molecule has 0 saturated carbocycles. The first-order valence-corrected chi connectivity index (χ1v) is 9.39. The van der Waals surface area contributed by atoms with Gasteiger partial charge in [0.05, 0.1) is 37.6 Å². The maximum absolute atomic E-state index is 13.1. The second kappa shape index (κ2) is 7.42. The van der Waals surface area contributed by atoms with Crippen molar-refractivity contribution in [2.24, 2.45) is 5.92 Å². The highest BCUT2D eigenvalue weighted by Gasteiger charge is 2.30. The number of amides is 2. The summed E-state index contributed by atoms with van der Waals surface area (Å²) >= 11 is 0. The van der Waals surface area contributed by atoms with Crippen molar-refractivity contribution in [1.29, 1.82) is 0 Å². The van der Waals surface area contributed by atoms with Crippen molar-refractivity contribution in [2.75, 3.05) is 13.2 Å². The van der Waals surface area contributed by atoms with Gasteiger partial charge in [0.1, 0.15) is 5.75 Å². The number of hydrogen-bond donors (Lipinski definition) is 1. The number of ether oxygens (including phenoxy) is 1. The Labute approximate surface area is 158 Å². The van der Waals surface area contributed by atoms with Gasteiger partial charge in [-0.2, -0.15) is 5.10 Å². The number of carbonyl (C=O) groups excluding carboxylic acids is 2. The largest absolute Gasteiger partial charge is 0.493 e. The molecule has 2 aliphatic heterocycles. The molecule has 4 rings (SSSR count). The van der Waals surface area contributed by atoms with Crippen molar-refractivity contribution in [3.8, 4) is 5.75 Å². The molecular formula is C20H24N4O3. The van der Waals surface area contributed by atoms with Gasteiger partial charge in [-0.25, -0.2) is 0 Å². The average Bonchev–Trinajstić information content (AvgIpc) is 2.95. The number of carbonyl (C=O) groups is 2. The van der Waals surface area contributed by atoms with Crippen molar-refractivity contribution >= 4 is 11.8 Å². The van der Waals surface area contributed by atoms with E-state index in [0.717, 1.165) is 35.5 Å². The number of rotatable bonds is 3. The molecular weight excluding hydrogens is 344 g/mol. The van der Waals surface area contributed by atoms with E-state index in [4.69, 9.17) is 4.74 Å². The van der Waals surface area contributed by atoms with Gasteiger partial charge >= 0.3 is 0 Å². The van der Waals surface area contributed by atoms with Crippen LogP contribution in [0.1, 0.15) is 30.3 Å². The average molecular weight is 368 g/mol. The molecule has 1 aromatic carbocycles. The van der Waals surface area contributed by atoms with Gasteiger partial charge in [0, 0.05) is 19.4 Å². The Bertz CT molecular complexity index is 861. The van der Waals surface area contributed by atoms with Gasteiger partial charge in [0.2, 0.25) is 11.8 Å². The van der Waals surface area contributed by atoms with Crippen LogP contribution in [0, 0.1) is 5.92 Å². The SMILES string of the molecule is CC(=O)NCc1cc2n(n1)CCN(C(=O)[C@@H]1CCOc3ccccc3C1)C2. The molecule has 2 aliphatic rings. The zero-order valence-corrected chi connectivity index (χ0v) is 15.5. The number of para-hydroxylation sites is 1. The molecule has 2 amide bonds. The zero-order chi connectivity index (χ0) is 18.8. The summed E-state index contributed by atoms with van der Waals surface area (Å²) < 4.78 is 7.74. The molecule has 1 aromatic heterocycles. The minimum absolute atomic E-state index is 0.0537. The first kappa shape index (κ1) is 17.6. The Morgan fingerprint density at radius 2 is 2.15 bits per heavy atom. The van der Waals surface area contributed by atoms with Crippen LogP contribution < -0.4 is 10.1 Å². The molecule has 2 aromatic rings.